The second kappa shape index (κ2) is 5.08. The van der Waals surface area contributed by atoms with Gasteiger partial charge in [-0.15, -0.1) is 0 Å². The minimum absolute atomic E-state index is 0.0388. The van der Waals surface area contributed by atoms with E-state index >= 15 is 0 Å². The minimum Gasteiger partial charge on any atom is -0.309 e. The lowest BCUT2D eigenvalue weighted by atomic mass is 10.0. The van der Waals surface area contributed by atoms with E-state index in [9.17, 15) is 13.2 Å². The van der Waals surface area contributed by atoms with Crippen LogP contribution in [0.5, 0.6) is 0 Å². The zero-order valence-electron chi connectivity index (χ0n) is 10.6. The second-order valence-corrected chi connectivity index (χ2v) is 5.20. The molecule has 1 aromatic rings. The van der Waals surface area contributed by atoms with Crippen LogP contribution in [0.3, 0.4) is 0 Å². The Morgan fingerprint density at radius 3 is 2.29 bits per heavy atom. The Kier molecular flexibility index (Phi) is 4.20. The van der Waals surface area contributed by atoms with E-state index in [1.165, 1.54) is 19.1 Å². The number of rotatable bonds is 3. The molecule has 96 valence electrons. The topological polar surface area (TPSA) is 12.0 Å². The number of aryl methyl sites for hydroxylation is 1. The van der Waals surface area contributed by atoms with Crippen molar-refractivity contribution < 1.29 is 13.2 Å². The highest BCUT2D eigenvalue weighted by atomic mass is 19.2. The summed E-state index contributed by atoms with van der Waals surface area (Å²) in [5.41, 5.74) is -0.309. The van der Waals surface area contributed by atoms with Gasteiger partial charge in [-0.1, -0.05) is 12.1 Å². The van der Waals surface area contributed by atoms with E-state index in [2.05, 4.69) is 5.32 Å². The Hall–Kier alpha value is -1.03. The fourth-order valence-electron chi connectivity index (χ4n) is 1.41. The molecule has 4 heteroatoms. The molecule has 0 radical (unpaired) electrons. The molecule has 0 aliphatic heterocycles. The summed E-state index contributed by atoms with van der Waals surface area (Å²) < 4.78 is 40.5. The van der Waals surface area contributed by atoms with Crippen molar-refractivity contribution in [2.75, 3.05) is 6.54 Å². The molecule has 1 nitrogen and oxygen atoms in total. The van der Waals surface area contributed by atoms with Gasteiger partial charge in [-0.25, -0.2) is 13.2 Å². The largest absolute Gasteiger partial charge is 0.309 e. The van der Waals surface area contributed by atoms with Gasteiger partial charge in [-0.3, -0.25) is 0 Å². The van der Waals surface area contributed by atoms with Crippen molar-refractivity contribution in [2.45, 2.75) is 39.4 Å². The molecule has 17 heavy (non-hydrogen) atoms. The molecule has 0 aliphatic carbocycles. The van der Waals surface area contributed by atoms with E-state index in [0.29, 0.717) is 0 Å². The monoisotopic (exact) mass is 245 g/mol. The van der Waals surface area contributed by atoms with Gasteiger partial charge in [0.15, 0.2) is 11.6 Å². The number of halogens is 3. The van der Waals surface area contributed by atoms with Crippen molar-refractivity contribution in [1.82, 2.24) is 5.32 Å². The van der Waals surface area contributed by atoms with Crippen LogP contribution >= 0.6 is 0 Å². The first-order valence-corrected chi connectivity index (χ1v) is 5.56. The van der Waals surface area contributed by atoms with Crippen molar-refractivity contribution in [1.29, 1.82) is 0 Å². The van der Waals surface area contributed by atoms with Crippen LogP contribution in [0.15, 0.2) is 12.1 Å². The van der Waals surface area contributed by atoms with E-state index in [1.807, 2.05) is 20.8 Å². The zero-order chi connectivity index (χ0) is 13.2. The van der Waals surface area contributed by atoms with Gasteiger partial charge in [0.05, 0.1) is 0 Å². The molecule has 1 unspecified atom stereocenters. The van der Waals surface area contributed by atoms with E-state index in [4.69, 9.17) is 0 Å². The highest BCUT2D eigenvalue weighted by Crippen LogP contribution is 2.24. The highest BCUT2D eigenvalue weighted by molar-refractivity contribution is 5.27. The maximum atomic E-state index is 13.8. The van der Waals surface area contributed by atoms with Gasteiger partial charge in [-0.2, -0.15) is 0 Å². The Morgan fingerprint density at radius 2 is 1.76 bits per heavy atom. The van der Waals surface area contributed by atoms with Crippen LogP contribution in [-0.2, 0) is 0 Å². The molecule has 0 heterocycles. The van der Waals surface area contributed by atoms with Crippen LogP contribution in [0.1, 0.15) is 38.1 Å². The number of hydrogen-bond donors (Lipinski definition) is 1. The molecule has 0 fully saturated rings. The van der Waals surface area contributed by atoms with Crippen LogP contribution in [0, 0.1) is 18.6 Å². The normalized spacial score (nSPS) is 13.8. The summed E-state index contributed by atoms with van der Waals surface area (Å²) in [6.07, 6.45) is -1.55. The fraction of sp³-hybridized carbons (Fsp3) is 0.538. The van der Waals surface area contributed by atoms with Gasteiger partial charge in [0.2, 0.25) is 0 Å². The highest BCUT2D eigenvalue weighted by Gasteiger charge is 2.20. The molecular formula is C13H18F3N. The third kappa shape index (κ3) is 3.73. The molecule has 1 N–H and O–H groups in total. The van der Waals surface area contributed by atoms with Crippen LogP contribution in [0.2, 0.25) is 0 Å². The quantitative estimate of drug-likeness (QED) is 0.856. The van der Waals surface area contributed by atoms with Gasteiger partial charge in [0, 0.05) is 17.6 Å². The standard InChI is InChI=1S/C13H18F3N/c1-8-5-6-9(12(16)11(8)15)10(14)7-17-13(2,3)4/h5-6,10,17H,7H2,1-4H3. The van der Waals surface area contributed by atoms with Crippen LogP contribution < -0.4 is 5.32 Å². The number of alkyl halides is 1. The van der Waals surface area contributed by atoms with Gasteiger partial charge in [0.1, 0.15) is 6.17 Å². The van der Waals surface area contributed by atoms with Gasteiger partial charge < -0.3 is 5.32 Å². The first kappa shape index (κ1) is 14.0. The third-order valence-corrected chi connectivity index (χ3v) is 2.45. The smallest absolute Gasteiger partial charge is 0.165 e. The predicted octanol–water partition coefficient (Wildman–Crippen LogP) is 3.67. The maximum Gasteiger partial charge on any atom is 0.165 e. The molecule has 0 bridgehead atoms. The molecule has 0 amide bonds. The first-order valence-electron chi connectivity index (χ1n) is 5.56. The van der Waals surface area contributed by atoms with E-state index in [-0.39, 0.29) is 23.2 Å². The predicted molar refractivity (Wildman–Crippen MR) is 62.7 cm³/mol. The van der Waals surface area contributed by atoms with E-state index in [0.717, 1.165) is 0 Å². The average molecular weight is 245 g/mol. The van der Waals surface area contributed by atoms with Crippen molar-refractivity contribution in [3.05, 3.63) is 34.9 Å². The molecule has 0 aliphatic rings. The Morgan fingerprint density at radius 1 is 1.18 bits per heavy atom. The lowest BCUT2D eigenvalue weighted by molar-refractivity contribution is 0.282. The molecule has 0 aromatic heterocycles. The van der Waals surface area contributed by atoms with Crippen LogP contribution in [0.4, 0.5) is 13.2 Å². The van der Waals surface area contributed by atoms with Gasteiger partial charge >= 0.3 is 0 Å². The van der Waals surface area contributed by atoms with Crippen molar-refractivity contribution >= 4 is 0 Å². The maximum absolute atomic E-state index is 13.8. The van der Waals surface area contributed by atoms with Gasteiger partial charge in [-0.05, 0) is 33.3 Å². The van der Waals surface area contributed by atoms with Crippen LogP contribution in [0.25, 0.3) is 0 Å². The van der Waals surface area contributed by atoms with Crippen molar-refractivity contribution in [3.63, 3.8) is 0 Å². The summed E-state index contributed by atoms with van der Waals surface area (Å²) in [4.78, 5) is 0. The van der Waals surface area contributed by atoms with E-state index in [1.54, 1.807) is 0 Å². The number of nitrogens with one attached hydrogen (secondary N) is 1. The van der Waals surface area contributed by atoms with Crippen LogP contribution in [-0.4, -0.2) is 12.1 Å². The molecule has 1 aromatic carbocycles. The first-order chi connectivity index (χ1) is 7.72. The minimum atomic E-state index is -1.55. The molecule has 1 rings (SSSR count). The summed E-state index contributed by atoms with van der Waals surface area (Å²) in [6.45, 7) is 7.05. The van der Waals surface area contributed by atoms with Gasteiger partial charge in [0.25, 0.3) is 0 Å². The molecule has 0 saturated heterocycles. The lowest BCUT2D eigenvalue weighted by Crippen LogP contribution is -2.38. The van der Waals surface area contributed by atoms with E-state index < -0.39 is 17.8 Å². The Labute approximate surface area is 100 Å². The van der Waals surface area contributed by atoms with Crippen molar-refractivity contribution in [2.24, 2.45) is 0 Å². The lowest BCUT2D eigenvalue weighted by Gasteiger charge is -2.22. The summed E-state index contributed by atoms with van der Waals surface area (Å²) in [5, 5.41) is 2.92. The summed E-state index contributed by atoms with van der Waals surface area (Å²) >= 11 is 0. The zero-order valence-corrected chi connectivity index (χ0v) is 10.6. The average Bonchev–Trinajstić information content (AvgIpc) is 2.22. The summed E-state index contributed by atoms with van der Waals surface area (Å²) in [5.74, 6) is -2.06. The number of benzene rings is 1. The number of hydrogen-bond acceptors (Lipinski definition) is 1. The fourth-order valence-corrected chi connectivity index (χ4v) is 1.41. The SMILES string of the molecule is Cc1ccc(C(F)CNC(C)(C)C)c(F)c1F. The van der Waals surface area contributed by atoms with Crippen molar-refractivity contribution in [3.8, 4) is 0 Å². The Balaban J connectivity index is 2.83. The second-order valence-electron chi connectivity index (χ2n) is 5.20. The Bertz CT molecular complexity index is 396. The third-order valence-electron chi connectivity index (χ3n) is 2.45. The molecule has 0 spiro atoms. The molecular weight excluding hydrogens is 227 g/mol. The summed E-state index contributed by atoms with van der Waals surface area (Å²) in [6, 6.07) is 2.68. The summed E-state index contributed by atoms with van der Waals surface area (Å²) in [7, 11) is 0. The molecule has 0 saturated carbocycles. The molecule has 1 atom stereocenters.